The molecule has 0 aliphatic carbocycles. The topological polar surface area (TPSA) is 80.8 Å². The number of aryl methyl sites for hydroxylation is 1. The van der Waals surface area contributed by atoms with E-state index in [4.69, 9.17) is 16.3 Å². The molecule has 0 saturated heterocycles. The fourth-order valence-corrected chi connectivity index (χ4v) is 4.20. The van der Waals surface area contributed by atoms with E-state index in [2.05, 4.69) is 6.58 Å². The van der Waals surface area contributed by atoms with E-state index in [-0.39, 0.29) is 10.5 Å². The van der Waals surface area contributed by atoms with Gasteiger partial charge >= 0.3 is 6.09 Å². The minimum atomic E-state index is -4.35. The molecule has 148 valence electrons. The summed E-state index contributed by atoms with van der Waals surface area (Å²) < 4.78 is 31.9. The van der Waals surface area contributed by atoms with E-state index >= 15 is 0 Å². The van der Waals surface area contributed by atoms with Crippen molar-refractivity contribution in [1.29, 1.82) is 0 Å². The number of Topliss-reactive ketones (excluding diaryl/α,β-unsaturated/α-hetero) is 1. The molecule has 6 nitrogen and oxygen atoms in total. The number of carbonyl (C=O) groups is 2. The molecular weight excluding hydrogens is 402 g/mol. The quantitative estimate of drug-likeness (QED) is 0.650. The van der Waals surface area contributed by atoms with Gasteiger partial charge in [0, 0.05) is 10.6 Å². The third-order valence-corrected chi connectivity index (χ3v) is 6.13. The molecule has 1 atom stereocenters. The summed E-state index contributed by atoms with van der Waals surface area (Å²) in [5, 5.41) is 0.418. The van der Waals surface area contributed by atoms with Crippen molar-refractivity contribution in [3.8, 4) is 0 Å². The van der Waals surface area contributed by atoms with Gasteiger partial charge in [-0.1, -0.05) is 48.0 Å². The van der Waals surface area contributed by atoms with Gasteiger partial charge in [-0.3, -0.25) is 4.79 Å². The van der Waals surface area contributed by atoms with Crippen molar-refractivity contribution < 1.29 is 22.7 Å². The molecule has 0 bridgehead atoms. The van der Waals surface area contributed by atoms with Crippen molar-refractivity contribution in [2.24, 2.45) is 0 Å². The van der Waals surface area contributed by atoms with Crippen LogP contribution in [0.5, 0.6) is 0 Å². The molecule has 0 unspecified atom stereocenters. The Morgan fingerprint density at radius 1 is 1.07 bits per heavy atom. The van der Waals surface area contributed by atoms with Gasteiger partial charge in [0.05, 0.1) is 12.0 Å². The lowest BCUT2D eigenvalue weighted by atomic mass is 9.97. The summed E-state index contributed by atoms with van der Waals surface area (Å²) in [4.78, 5) is 24.5. The molecule has 0 saturated carbocycles. The largest absolute Gasteiger partial charge is 0.452 e. The zero-order valence-corrected chi connectivity index (χ0v) is 17.3. The molecule has 0 aromatic heterocycles. The van der Waals surface area contributed by atoms with E-state index in [0.717, 1.165) is 12.7 Å². The van der Waals surface area contributed by atoms with Crippen LogP contribution in [0.2, 0.25) is 5.02 Å². The van der Waals surface area contributed by atoms with Crippen LogP contribution in [0.3, 0.4) is 0 Å². The van der Waals surface area contributed by atoms with E-state index in [9.17, 15) is 18.0 Å². The van der Waals surface area contributed by atoms with E-state index in [1.165, 1.54) is 43.3 Å². The number of carbonyl (C=O) groups excluding carboxylic acids is 2. The average molecular weight is 422 g/mol. The maximum atomic E-state index is 13.3. The smallest absolute Gasteiger partial charge is 0.424 e. The van der Waals surface area contributed by atoms with Crippen molar-refractivity contribution in [3.63, 3.8) is 0 Å². The Bertz CT molecular complexity index is 998. The van der Waals surface area contributed by atoms with Crippen LogP contribution < -0.4 is 0 Å². The van der Waals surface area contributed by atoms with Crippen molar-refractivity contribution in [2.75, 3.05) is 7.11 Å². The summed E-state index contributed by atoms with van der Waals surface area (Å²) in [6.45, 7) is 6.77. The van der Waals surface area contributed by atoms with Gasteiger partial charge in [0.15, 0.2) is 5.78 Å². The maximum Gasteiger partial charge on any atom is 0.424 e. The van der Waals surface area contributed by atoms with E-state index < -0.39 is 27.9 Å². The third kappa shape index (κ3) is 4.43. The number of halogens is 1. The average Bonchev–Trinajstić information content (AvgIpc) is 2.66. The number of ketones is 1. The first-order valence-electron chi connectivity index (χ1n) is 8.24. The summed E-state index contributed by atoms with van der Waals surface area (Å²) in [5.74, 6) is -0.465. The van der Waals surface area contributed by atoms with E-state index in [1.54, 1.807) is 12.1 Å². The van der Waals surface area contributed by atoms with Crippen LogP contribution in [-0.4, -0.2) is 31.7 Å². The summed E-state index contributed by atoms with van der Waals surface area (Å²) in [6.07, 6.45) is -1.14. The molecule has 0 aliphatic heterocycles. The Balaban J connectivity index is 2.72. The zero-order valence-electron chi connectivity index (χ0n) is 15.7. The number of amides is 1. The van der Waals surface area contributed by atoms with Crippen molar-refractivity contribution in [2.45, 2.75) is 24.8 Å². The van der Waals surface area contributed by atoms with Crippen LogP contribution in [0, 0.1) is 6.92 Å². The molecule has 8 heteroatoms. The second-order valence-electron chi connectivity index (χ2n) is 6.12. The lowest BCUT2D eigenvalue weighted by Crippen LogP contribution is -2.41. The van der Waals surface area contributed by atoms with Crippen LogP contribution in [0.15, 0.2) is 65.6 Å². The molecule has 0 fully saturated rings. The van der Waals surface area contributed by atoms with Crippen LogP contribution in [0.4, 0.5) is 4.79 Å². The first-order valence-corrected chi connectivity index (χ1v) is 10.1. The van der Waals surface area contributed by atoms with Gasteiger partial charge < -0.3 is 4.74 Å². The van der Waals surface area contributed by atoms with E-state index in [1.807, 2.05) is 6.92 Å². The Kier molecular flexibility index (Phi) is 6.64. The lowest BCUT2D eigenvalue weighted by molar-refractivity contribution is -0.114. The molecule has 28 heavy (non-hydrogen) atoms. The molecule has 0 radical (unpaired) electrons. The number of nitrogens with zero attached hydrogens (tertiary/aromatic N) is 1. The second-order valence-corrected chi connectivity index (χ2v) is 8.37. The van der Waals surface area contributed by atoms with Crippen molar-refractivity contribution in [1.82, 2.24) is 4.31 Å². The molecule has 2 aromatic rings. The second kappa shape index (κ2) is 8.58. The monoisotopic (exact) mass is 421 g/mol. The van der Waals surface area contributed by atoms with Gasteiger partial charge in [0.25, 0.3) is 10.0 Å². The number of sulfonamides is 1. The lowest BCUT2D eigenvalue weighted by Gasteiger charge is -2.31. The minimum absolute atomic E-state index is 0.0802. The first kappa shape index (κ1) is 21.7. The van der Waals surface area contributed by atoms with Gasteiger partial charge in [-0.15, -0.1) is 0 Å². The molecule has 0 heterocycles. The van der Waals surface area contributed by atoms with Gasteiger partial charge in [-0.25, -0.2) is 13.2 Å². The fraction of sp³-hybridized carbons (Fsp3) is 0.200. The zero-order chi connectivity index (χ0) is 21.1. The number of ether oxygens (including phenoxy) is 1. The number of methoxy groups -OCH3 is 1. The summed E-state index contributed by atoms with van der Waals surface area (Å²) >= 11 is 5.92. The van der Waals surface area contributed by atoms with Crippen molar-refractivity contribution in [3.05, 3.63) is 76.8 Å². The summed E-state index contributed by atoms with van der Waals surface area (Å²) in [7, 11) is -3.29. The molecule has 1 amide bonds. The molecule has 2 aromatic carbocycles. The third-order valence-electron chi connectivity index (χ3n) is 4.13. The summed E-state index contributed by atoms with van der Waals surface area (Å²) in [5.41, 5.74) is 1.13. The SMILES string of the molecule is C=C(C(C)=O)[C@H](c1ccc(Cl)cc1)N(C(=O)OC)S(=O)(=O)c1ccc(C)cc1. The Labute approximate surface area is 169 Å². The Hall–Kier alpha value is -2.64. The molecule has 0 spiro atoms. The van der Waals surface area contributed by atoms with Gasteiger partial charge in [-0.05, 0) is 43.7 Å². The molecule has 0 N–H and O–H groups in total. The van der Waals surface area contributed by atoms with Gasteiger partial charge in [0.1, 0.15) is 6.04 Å². The standard InChI is InChI=1S/C20H20ClNO5S/c1-13-5-11-18(12-6-13)28(25,26)22(20(24)27-4)19(14(2)15(3)23)16-7-9-17(21)10-8-16/h5-12,19H,2H2,1,3-4H3/t19-/m1/s1. The Morgan fingerprint density at radius 3 is 2.07 bits per heavy atom. The number of benzene rings is 2. The van der Waals surface area contributed by atoms with Crippen LogP contribution >= 0.6 is 11.6 Å². The summed E-state index contributed by atoms with van der Waals surface area (Å²) in [6, 6.07) is 10.8. The highest BCUT2D eigenvalue weighted by Gasteiger charge is 2.40. The van der Waals surface area contributed by atoms with Crippen molar-refractivity contribution >= 4 is 33.5 Å². The highest BCUT2D eigenvalue weighted by Crippen LogP contribution is 2.34. The van der Waals surface area contributed by atoms with Crippen LogP contribution in [0.25, 0.3) is 0 Å². The highest BCUT2D eigenvalue weighted by molar-refractivity contribution is 7.89. The predicted molar refractivity (Wildman–Crippen MR) is 107 cm³/mol. The number of hydrogen-bond donors (Lipinski definition) is 0. The molecule has 2 rings (SSSR count). The molecule has 0 aliphatic rings. The fourth-order valence-electron chi connectivity index (χ4n) is 2.57. The minimum Gasteiger partial charge on any atom is -0.452 e. The van der Waals surface area contributed by atoms with E-state index in [0.29, 0.717) is 14.9 Å². The maximum absolute atomic E-state index is 13.3. The normalized spacial score (nSPS) is 12.1. The van der Waals surface area contributed by atoms with Crippen LogP contribution in [0.1, 0.15) is 24.1 Å². The highest BCUT2D eigenvalue weighted by atomic mass is 35.5. The Morgan fingerprint density at radius 2 is 1.61 bits per heavy atom. The number of hydrogen-bond acceptors (Lipinski definition) is 5. The van der Waals surface area contributed by atoms with Gasteiger partial charge in [0.2, 0.25) is 0 Å². The van der Waals surface area contributed by atoms with Gasteiger partial charge in [-0.2, -0.15) is 4.31 Å². The molecular formula is C20H20ClNO5S. The van der Waals surface area contributed by atoms with Crippen LogP contribution in [-0.2, 0) is 19.6 Å². The first-order chi connectivity index (χ1) is 13.1. The predicted octanol–water partition coefficient (Wildman–Crippen LogP) is 4.29. The number of rotatable bonds is 6.